The minimum atomic E-state index is -0.874. The van der Waals surface area contributed by atoms with Gasteiger partial charge in [-0.05, 0) is 25.2 Å². The first-order valence-electron chi connectivity index (χ1n) is 6.97. The number of ether oxygens (including phenoxy) is 1. The van der Waals surface area contributed by atoms with Crippen LogP contribution in [0.15, 0.2) is 0 Å². The molecule has 1 aliphatic carbocycles. The Balaban J connectivity index is 2.62. The summed E-state index contributed by atoms with van der Waals surface area (Å²) in [6, 6.07) is -0.710. The Hall–Kier alpha value is -1.59. The Kier molecular flexibility index (Phi) is 5.98. The third-order valence-corrected chi connectivity index (χ3v) is 3.91. The zero-order valence-corrected chi connectivity index (χ0v) is 12.1. The van der Waals surface area contributed by atoms with Crippen LogP contribution < -0.4 is 5.32 Å². The van der Waals surface area contributed by atoms with Crippen molar-refractivity contribution in [2.75, 3.05) is 7.11 Å². The summed E-state index contributed by atoms with van der Waals surface area (Å²) in [6.45, 7) is 1.55. The minimum Gasteiger partial charge on any atom is -0.481 e. The van der Waals surface area contributed by atoms with Crippen LogP contribution in [0.3, 0.4) is 0 Å². The number of rotatable bonds is 6. The van der Waals surface area contributed by atoms with Crippen LogP contribution in [0.1, 0.15) is 51.9 Å². The van der Waals surface area contributed by atoms with Crippen molar-refractivity contribution in [1.82, 2.24) is 5.32 Å². The van der Waals surface area contributed by atoms with Crippen LogP contribution in [-0.2, 0) is 19.1 Å². The Labute approximate surface area is 118 Å². The number of carbonyl (C=O) groups excluding carboxylic acids is 2. The summed E-state index contributed by atoms with van der Waals surface area (Å²) in [7, 11) is 1.26. The number of hydrogen-bond donors (Lipinski definition) is 2. The van der Waals surface area contributed by atoms with E-state index in [9.17, 15) is 14.4 Å². The predicted octanol–water partition coefficient (Wildman–Crippen LogP) is 1.48. The Morgan fingerprint density at radius 1 is 1.20 bits per heavy atom. The number of nitrogens with one attached hydrogen (secondary N) is 1. The van der Waals surface area contributed by atoms with Gasteiger partial charge >= 0.3 is 11.9 Å². The summed E-state index contributed by atoms with van der Waals surface area (Å²) in [5.41, 5.74) is -0.468. The summed E-state index contributed by atoms with van der Waals surface area (Å²) in [5.74, 6) is -1.67. The fourth-order valence-electron chi connectivity index (χ4n) is 2.91. The lowest BCUT2D eigenvalue weighted by molar-refractivity contribution is -0.146. The number of hydrogen-bond acceptors (Lipinski definition) is 4. The van der Waals surface area contributed by atoms with Crippen molar-refractivity contribution < 1.29 is 24.2 Å². The summed E-state index contributed by atoms with van der Waals surface area (Å²) >= 11 is 0. The van der Waals surface area contributed by atoms with Gasteiger partial charge < -0.3 is 15.2 Å². The van der Waals surface area contributed by atoms with Gasteiger partial charge in [0.1, 0.15) is 6.04 Å². The molecule has 1 amide bonds. The van der Waals surface area contributed by atoms with Crippen LogP contribution in [0.2, 0.25) is 0 Å². The highest BCUT2D eigenvalue weighted by atomic mass is 16.5. The summed E-state index contributed by atoms with van der Waals surface area (Å²) < 4.78 is 4.54. The van der Waals surface area contributed by atoms with Gasteiger partial charge in [-0.1, -0.05) is 19.3 Å². The van der Waals surface area contributed by atoms with Crippen molar-refractivity contribution in [3.05, 3.63) is 0 Å². The monoisotopic (exact) mass is 285 g/mol. The lowest BCUT2D eigenvalue weighted by atomic mass is 9.69. The number of carboxylic acid groups (broad SMARTS) is 1. The van der Waals surface area contributed by atoms with Crippen LogP contribution in [0.25, 0.3) is 0 Å². The van der Waals surface area contributed by atoms with E-state index in [1.54, 1.807) is 6.92 Å². The smallest absolute Gasteiger partial charge is 0.328 e. The molecule has 1 aliphatic rings. The number of aliphatic carboxylic acids is 1. The zero-order chi connectivity index (χ0) is 15.2. The van der Waals surface area contributed by atoms with E-state index in [1.165, 1.54) is 7.11 Å². The van der Waals surface area contributed by atoms with Crippen LogP contribution in [0, 0.1) is 5.41 Å². The number of carbonyl (C=O) groups is 3. The molecule has 0 bridgehead atoms. The molecule has 1 rings (SSSR count). The quantitative estimate of drug-likeness (QED) is 0.721. The van der Waals surface area contributed by atoms with E-state index >= 15 is 0 Å². The molecule has 6 nitrogen and oxygen atoms in total. The van der Waals surface area contributed by atoms with Crippen molar-refractivity contribution in [2.24, 2.45) is 5.41 Å². The van der Waals surface area contributed by atoms with Crippen LogP contribution in [0.5, 0.6) is 0 Å². The normalized spacial score (nSPS) is 18.9. The molecule has 0 aromatic carbocycles. The molecular weight excluding hydrogens is 262 g/mol. The van der Waals surface area contributed by atoms with Crippen molar-refractivity contribution in [2.45, 2.75) is 57.9 Å². The van der Waals surface area contributed by atoms with Gasteiger partial charge in [0.15, 0.2) is 0 Å². The third-order valence-electron chi connectivity index (χ3n) is 3.91. The van der Waals surface area contributed by atoms with Crippen molar-refractivity contribution in [1.29, 1.82) is 0 Å². The molecule has 114 valence electrons. The first-order valence-corrected chi connectivity index (χ1v) is 6.97. The minimum absolute atomic E-state index is 0.00697. The van der Waals surface area contributed by atoms with Crippen molar-refractivity contribution in [3.63, 3.8) is 0 Å². The molecule has 1 atom stereocenters. The molecule has 1 saturated carbocycles. The number of carboxylic acids is 1. The molecule has 0 spiro atoms. The molecule has 6 heteroatoms. The summed E-state index contributed by atoms with van der Waals surface area (Å²) in [6.07, 6.45) is 4.65. The highest BCUT2D eigenvalue weighted by Gasteiger charge is 2.36. The van der Waals surface area contributed by atoms with Crippen LogP contribution in [-0.4, -0.2) is 36.1 Å². The van der Waals surface area contributed by atoms with Gasteiger partial charge in [0, 0.05) is 6.42 Å². The van der Waals surface area contributed by atoms with E-state index in [0.717, 1.165) is 32.1 Å². The first kappa shape index (κ1) is 16.5. The SMILES string of the molecule is COC(=O)[C@H](C)NC(=O)CC1(CC(=O)O)CCCCC1. The number of esters is 1. The third kappa shape index (κ3) is 4.83. The van der Waals surface area contributed by atoms with E-state index in [-0.39, 0.29) is 18.7 Å². The summed E-state index contributed by atoms with van der Waals surface area (Å²) in [4.78, 5) is 34.3. The highest BCUT2D eigenvalue weighted by Crippen LogP contribution is 2.42. The van der Waals surface area contributed by atoms with Crippen molar-refractivity contribution in [3.8, 4) is 0 Å². The van der Waals surface area contributed by atoms with Gasteiger partial charge in [-0.2, -0.15) is 0 Å². The second kappa shape index (κ2) is 7.26. The number of amides is 1. The molecule has 0 unspecified atom stereocenters. The second-order valence-electron chi connectivity index (χ2n) is 5.62. The molecule has 2 N–H and O–H groups in total. The fourth-order valence-corrected chi connectivity index (χ4v) is 2.91. The molecule has 0 aromatic heterocycles. The fraction of sp³-hybridized carbons (Fsp3) is 0.786. The Morgan fingerprint density at radius 3 is 2.30 bits per heavy atom. The average molecular weight is 285 g/mol. The summed E-state index contributed by atoms with van der Waals surface area (Å²) in [5, 5.41) is 11.6. The topological polar surface area (TPSA) is 92.7 Å². The molecule has 0 aliphatic heterocycles. The van der Waals surface area contributed by atoms with E-state index < -0.39 is 23.4 Å². The van der Waals surface area contributed by atoms with Gasteiger partial charge in [-0.15, -0.1) is 0 Å². The van der Waals surface area contributed by atoms with E-state index in [1.807, 2.05) is 0 Å². The molecular formula is C14H23NO5. The highest BCUT2D eigenvalue weighted by molar-refractivity contribution is 5.84. The van der Waals surface area contributed by atoms with Gasteiger partial charge in [0.25, 0.3) is 0 Å². The molecule has 0 radical (unpaired) electrons. The van der Waals surface area contributed by atoms with Gasteiger partial charge in [-0.25, -0.2) is 4.79 Å². The molecule has 0 heterocycles. The second-order valence-corrected chi connectivity index (χ2v) is 5.62. The maximum absolute atomic E-state index is 12.0. The van der Waals surface area contributed by atoms with Gasteiger partial charge in [0.2, 0.25) is 5.91 Å². The van der Waals surface area contributed by atoms with Gasteiger partial charge in [0.05, 0.1) is 13.5 Å². The van der Waals surface area contributed by atoms with Crippen LogP contribution >= 0.6 is 0 Å². The van der Waals surface area contributed by atoms with E-state index in [2.05, 4.69) is 10.1 Å². The largest absolute Gasteiger partial charge is 0.481 e. The molecule has 20 heavy (non-hydrogen) atoms. The van der Waals surface area contributed by atoms with E-state index in [4.69, 9.17) is 5.11 Å². The molecule has 0 saturated heterocycles. The van der Waals surface area contributed by atoms with Gasteiger partial charge in [-0.3, -0.25) is 9.59 Å². The standard InChI is InChI=1S/C14H23NO5/c1-10(13(19)20-2)15-11(16)8-14(9-12(17)18)6-4-3-5-7-14/h10H,3-9H2,1-2H3,(H,15,16)(H,17,18)/t10-/m0/s1. The maximum Gasteiger partial charge on any atom is 0.328 e. The van der Waals surface area contributed by atoms with Crippen LogP contribution in [0.4, 0.5) is 0 Å². The Bertz CT molecular complexity index is 374. The first-order chi connectivity index (χ1) is 9.38. The lowest BCUT2D eigenvalue weighted by Gasteiger charge is -2.35. The zero-order valence-electron chi connectivity index (χ0n) is 12.1. The van der Waals surface area contributed by atoms with E-state index in [0.29, 0.717) is 0 Å². The number of methoxy groups -OCH3 is 1. The molecule has 1 fully saturated rings. The molecule has 0 aromatic rings. The maximum atomic E-state index is 12.0. The lowest BCUT2D eigenvalue weighted by Crippen LogP contribution is -2.42. The Morgan fingerprint density at radius 2 is 1.80 bits per heavy atom. The average Bonchev–Trinajstić information content (AvgIpc) is 2.37. The predicted molar refractivity (Wildman–Crippen MR) is 72.0 cm³/mol. The van der Waals surface area contributed by atoms with Crippen molar-refractivity contribution >= 4 is 17.8 Å².